The third-order valence-corrected chi connectivity index (χ3v) is 3.79. The first-order valence-electron chi connectivity index (χ1n) is 4.74. The van der Waals surface area contributed by atoms with Crippen LogP contribution in [0.25, 0.3) is 0 Å². The summed E-state index contributed by atoms with van der Waals surface area (Å²) in [7, 11) is -3.15. The van der Waals surface area contributed by atoms with Gasteiger partial charge in [-0.25, -0.2) is 8.42 Å². The largest absolute Gasteiger partial charge is 0.334 e. The summed E-state index contributed by atoms with van der Waals surface area (Å²) < 4.78 is 24.0. The van der Waals surface area contributed by atoms with Crippen molar-refractivity contribution < 1.29 is 13.2 Å². The fourth-order valence-corrected chi connectivity index (χ4v) is 2.57. The van der Waals surface area contributed by atoms with Gasteiger partial charge in [0, 0.05) is 25.7 Å². The van der Waals surface area contributed by atoms with Crippen LogP contribution in [0.4, 0.5) is 0 Å². The molecular formula is C9H16N2O3S. The van der Waals surface area contributed by atoms with Crippen molar-refractivity contribution in [1.82, 2.24) is 9.21 Å². The molecular weight excluding hydrogens is 216 g/mol. The van der Waals surface area contributed by atoms with Gasteiger partial charge in [0.15, 0.2) is 0 Å². The lowest BCUT2D eigenvalue weighted by molar-refractivity contribution is -0.129. The molecule has 0 N–H and O–H groups in total. The molecule has 1 aliphatic rings. The Balaban J connectivity index is 2.71. The topological polar surface area (TPSA) is 57.7 Å². The molecule has 0 aromatic heterocycles. The van der Waals surface area contributed by atoms with Crippen molar-refractivity contribution in [1.29, 1.82) is 0 Å². The minimum Gasteiger partial charge on any atom is -0.334 e. The molecule has 0 spiro atoms. The Labute approximate surface area is 90.4 Å². The van der Waals surface area contributed by atoms with Crippen LogP contribution in [0.5, 0.6) is 0 Å². The van der Waals surface area contributed by atoms with Crippen LogP contribution in [0.2, 0.25) is 0 Å². The van der Waals surface area contributed by atoms with E-state index in [4.69, 9.17) is 0 Å². The van der Waals surface area contributed by atoms with Crippen molar-refractivity contribution in [3.8, 4) is 0 Å². The van der Waals surface area contributed by atoms with Gasteiger partial charge in [-0.3, -0.25) is 4.79 Å². The maximum Gasteiger partial charge on any atom is 0.246 e. The Kier molecular flexibility index (Phi) is 3.51. The molecule has 1 unspecified atom stereocenters. The standard InChI is InChI=1S/C9H16N2O3S/c1-4-9(12)11-6-5-10(7-8(11)2)15(3,13)14/h4,8H,1,5-7H2,2-3H3. The summed E-state index contributed by atoms with van der Waals surface area (Å²) >= 11 is 0. The van der Waals surface area contributed by atoms with Crippen LogP contribution in [0, 0.1) is 0 Å². The van der Waals surface area contributed by atoms with E-state index < -0.39 is 10.0 Å². The van der Waals surface area contributed by atoms with Crippen LogP contribution in [0.15, 0.2) is 12.7 Å². The van der Waals surface area contributed by atoms with Gasteiger partial charge in [0.1, 0.15) is 0 Å². The number of hydrogen-bond acceptors (Lipinski definition) is 3. The molecule has 0 aromatic carbocycles. The number of sulfonamides is 1. The van der Waals surface area contributed by atoms with Crippen molar-refractivity contribution in [2.75, 3.05) is 25.9 Å². The second-order valence-corrected chi connectivity index (χ2v) is 5.69. The van der Waals surface area contributed by atoms with Crippen LogP contribution in [-0.4, -0.2) is 55.5 Å². The maximum absolute atomic E-state index is 11.4. The highest BCUT2D eigenvalue weighted by atomic mass is 32.2. The zero-order valence-electron chi connectivity index (χ0n) is 9.01. The van der Waals surface area contributed by atoms with Gasteiger partial charge in [0.2, 0.25) is 15.9 Å². The molecule has 86 valence electrons. The first-order chi connectivity index (χ1) is 6.86. The van der Waals surface area contributed by atoms with Crippen LogP contribution in [0.3, 0.4) is 0 Å². The van der Waals surface area contributed by atoms with Gasteiger partial charge in [-0.2, -0.15) is 4.31 Å². The first-order valence-corrected chi connectivity index (χ1v) is 6.59. The van der Waals surface area contributed by atoms with Gasteiger partial charge in [-0.05, 0) is 13.0 Å². The highest BCUT2D eigenvalue weighted by Gasteiger charge is 2.30. The summed E-state index contributed by atoms with van der Waals surface area (Å²) in [6.07, 6.45) is 2.44. The van der Waals surface area contributed by atoms with E-state index in [0.717, 1.165) is 0 Å². The lowest BCUT2D eigenvalue weighted by Gasteiger charge is -2.38. The Hall–Kier alpha value is -0.880. The van der Waals surface area contributed by atoms with Crippen LogP contribution >= 0.6 is 0 Å². The molecule has 0 aromatic rings. The zero-order chi connectivity index (χ0) is 11.6. The fraction of sp³-hybridized carbons (Fsp3) is 0.667. The molecule has 1 saturated heterocycles. The summed E-state index contributed by atoms with van der Waals surface area (Å²) in [6, 6.07) is -0.0982. The van der Waals surface area contributed by atoms with Gasteiger partial charge in [0.25, 0.3) is 0 Å². The Morgan fingerprint density at radius 1 is 1.47 bits per heavy atom. The lowest BCUT2D eigenvalue weighted by Crippen LogP contribution is -2.54. The molecule has 6 heteroatoms. The molecule has 1 aliphatic heterocycles. The molecule has 1 heterocycles. The second kappa shape index (κ2) is 4.32. The number of rotatable bonds is 2. The van der Waals surface area contributed by atoms with Gasteiger partial charge < -0.3 is 4.90 Å². The molecule has 15 heavy (non-hydrogen) atoms. The number of piperazine rings is 1. The van der Waals surface area contributed by atoms with Crippen molar-refractivity contribution in [2.45, 2.75) is 13.0 Å². The Morgan fingerprint density at radius 2 is 2.07 bits per heavy atom. The predicted molar refractivity (Wildman–Crippen MR) is 57.8 cm³/mol. The molecule has 0 saturated carbocycles. The van der Waals surface area contributed by atoms with Crippen LogP contribution < -0.4 is 0 Å². The fourth-order valence-electron chi connectivity index (χ4n) is 1.67. The smallest absolute Gasteiger partial charge is 0.246 e. The lowest BCUT2D eigenvalue weighted by atomic mass is 10.2. The minimum atomic E-state index is -3.15. The second-order valence-electron chi connectivity index (χ2n) is 3.71. The average Bonchev–Trinajstić information content (AvgIpc) is 2.15. The number of hydrogen-bond donors (Lipinski definition) is 0. The van der Waals surface area contributed by atoms with Crippen LogP contribution in [-0.2, 0) is 14.8 Å². The van der Waals surface area contributed by atoms with E-state index in [1.54, 1.807) is 4.90 Å². The summed E-state index contributed by atoms with van der Waals surface area (Å²) in [6.45, 7) is 6.40. The van der Waals surface area contributed by atoms with E-state index in [2.05, 4.69) is 6.58 Å². The van der Waals surface area contributed by atoms with E-state index in [-0.39, 0.29) is 11.9 Å². The molecule has 0 bridgehead atoms. The van der Waals surface area contributed by atoms with Gasteiger partial charge in [0.05, 0.1) is 6.26 Å². The Morgan fingerprint density at radius 3 is 2.47 bits per heavy atom. The van der Waals surface area contributed by atoms with Gasteiger partial charge >= 0.3 is 0 Å². The van der Waals surface area contributed by atoms with E-state index in [0.29, 0.717) is 19.6 Å². The van der Waals surface area contributed by atoms with E-state index in [1.165, 1.54) is 16.6 Å². The maximum atomic E-state index is 11.4. The number of carbonyl (C=O) groups is 1. The number of carbonyl (C=O) groups excluding carboxylic acids is 1. The molecule has 1 rings (SSSR count). The average molecular weight is 232 g/mol. The third kappa shape index (κ3) is 2.79. The summed E-state index contributed by atoms with van der Waals surface area (Å²) in [4.78, 5) is 13.0. The van der Waals surface area contributed by atoms with E-state index >= 15 is 0 Å². The molecule has 0 radical (unpaired) electrons. The monoisotopic (exact) mass is 232 g/mol. The summed E-state index contributed by atoms with van der Waals surface area (Å²) in [5, 5.41) is 0. The van der Waals surface area contributed by atoms with Gasteiger partial charge in [-0.1, -0.05) is 6.58 Å². The van der Waals surface area contributed by atoms with Crippen molar-refractivity contribution >= 4 is 15.9 Å². The minimum absolute atomic E-state index is 0.0982. The van der Waals surface area contributed by atoms with Crippen molar-refractivity contribution in [3.05, 3.63) is 12.7 Å². The Bertz CT molecular complexity index is 364. The third-order valence-electron chi connectivity index (χ3n) is 2.52. The van der Waals surface area contributed by atoms with Gasteiger partial charge in [-0.15, -0.1) is 0 Å². The highest BCUT2D eigenvalue weighted by Crippen LogP contribution is 2.12. The van der Waals surface area contributed by atoms with Crippen molar-refractivity contribution in [2.24, 2.45) is 0 Å². The van der Waals surface area contributed by atoms with E-state index in [9.17, 15) is 13.2 Å². The highest BCUT2D eigenvalue weighted by molar-refractivity contribution is 7.88. The molecule has 5 nitrogen and oxygen atoms in total. The first kappa shape index (κ1) is 12.2. The predicted octanol–water partition coefficient (Wildman–Crippen LogP) is -0.335. The van der Waals surface area contributed by atoms with Crippen molar-refractivity contribution in [3.63, 3.8) is 0 Å². The SMILES string of the molecule is C=CC(=O)N1CCN(S(C)(=O)=O)CC1C. The summed E-state index contributed by atoms with van der Waals surface area (Å²) in [5.41, 5.74) is 0. The van der Waals surface area contributed by atoms with Crippen LogP contribution in [0.1, 0.15) is 6.92 Å². The summed E-state index contributed by atoms with van der Waals surface area (Å²) in [5.74, 6) is -0.143. The molecule has 1 fully saturated rings. The quantitative estimate of drug-likeness (QED) is 0.612. The van der Waals surface area contributed by atoms with E-state index in [1.807, 2.05) is 6.92 Å². The zero-order valence-corrected chi connectivity index (χ0v) is 9.83. The number of nitrogens with zero attached hydrogens (tertiary/aromatic N) is 2. The number of amides is 1. The normalized spacial score (nSPS) is 23.9. The molecule has 0 aliphatic carbocycles. The molecule has 1 atom stereocenters. The molecule has 1 amide bonds.